The molecule has 9 heteroatoms. The fraction of sp³-hybridized carbons (Fsp3) is 0.364. The number of pyridine rings is 1. The van der Waals surface area contributed by atoms with Gasteiger partial charge in [0.1, 0.15) is 6.61 Å². The standard InChI is InChI=1S/C22H24N4O5/c27-20(7-10-24-21(28)16-5-8-23-9-6-16)25-11-13-26(14-12-25)22(29)19-15-30-17-3-1-2-4-18(17)31-19/h1-6,8-9,19H,7,10-15H2,(H,24,28). The molecule has 1 aromatic heterocycles. The van der Waals surface area contributed by atoms with E-state index in [-0.39, 0.29) is 37.3 Å². The van der Waals surface area contributed by atoms with Crippen molar-refractivity contribution in [3.8, 4) is 11.5 Å². The van der Waals surface area contributed by atoms with Crippen LogP contribution >= 0.6 is 0 Å². The highest BCUT2D eigenvalue weighted by Gasteiger charge is 2.33. The summed E-state index contributed by atoms with van der Waals surface area (Å²) < 4.78 is 11.4. The number of hydrogen-bond donors (Lipinski definition) is 1. The molecular formula is C22H24N4O5. The van der Waals surface area contributed by atoms with Gasteiger partial charge < -0.3 is 24.6 Å². The highest BCUT2D eigenvalue weighted by molar-refractivity contribution is 5.94. The van der Waals surface area contributed by atoms with Crippen molar-refractivity contribution in [2.45, 2.75) is 12.5 Å². The largest absolute Gasteiger partial charge is 0.485 e. The Morgan fingerprint density at radius 2 is 1.65 bits per heavy atom. The number of nitrogens with zero attached hydrogens (tertiary/aromatic N) is 3. The number of carbonyl (C=O) groups excluding carboxylic acids is 3. The SMILES string of the molecule is O=C(NCCC(=O)N1CCN(C(=O)C2COc3ccccc3O2)CC1)c1ccncc1. The average molecular weight is 424 g/mol. The van der Waals surface area contributed by atoms with Gasteiger partial charge in [-0.05, 0) is 24.3 Å². The Morgan fingerprint density at radius 3 is 2.39 bits per heavy atom. The molecule has 1 aromatic carbocycles. The van der Waals surface area contributed by atoms with E-state index in [1.807, 2.05) is 12.1 Å². The molecule has 2 aliphatic heterocycles. The zero-order chi connectivity index (χ0) is 21.6. The molecule has 3 amide bonds. The average Bonchev–Trinajstić information content (AvgIpc) is 2.83. The van der Waals surface area contributed by atoms with Crippen LogP contribution in [0.15, 0.2) is 48.8 Å². The van der Waals surface area contributed by atoms with Crippen LogP contribution in [-0.2, 0) is 9.59 Å². The van der Waals surface area contributed by atoms with E-state index in [4.69, 9.17) is 9.47 Å². The highest BCUT2D eigenvalue weighted by atomic mass is 16.6. The first kappa shape index (κ1) is 20.6. The van der Waals surface area contributed by atoms with Gasteiger partial charge in [-0.25, -0.2) is 0 Å². The number of para-hydroxylation sites is 2. The summed E-state index contributed by atoms with van der Waals surface area (Å²) in [5.74, 6) is 0.786. The quantitative estimate of drug-likeness (QED) is 0.759. The van der Waals surface area contributed by atoms with Crippen molar-refractivity contribution in [1.82, 2.24) is 20.1 Å². The Kier molecular flexibility index (Phi) is 6.30. The number of rotatable bonds is 5. The summed E-state index contributed by atoms with van der Waals surface area (Å²) in [5, 5.41) is 2.74. The van der Waals surface area contributed by atoms with E-state index < -0.39 is 6.10 Å². The molecule has 2 aliphatic rings. The Labute approximate surface area is 179 Å². The van der Waals surface area contributed by atoms with Gasteiger partial charge in [-0.1, -0.05) is 12.1 Å². The molecular weight excluding hydrogens is 400 g/mol. The Balaban J connectivity index is 1.20. The summed E-state index contributed by atoms with van der Waals surface area (Å²) in [5.41, 5.74) is 0.506. The Bertz CT molecular complexity index is 944. The van der Waals surface area contributed by atoms with Crippen molar-refractivity contribution in [3.63, 3.8) is 0 Å². The van der Waals surface area contributed by atoms with Gasteiger partial charge in [0.15, 0.2) is 11.5 Å². The van der Waals surface area contributed by atoms with Crippen LogP contribution in [0.2, 0.25) is 0 Å². The minimum atomic E-state index is -0.680. The first-order valence-electron chi connectivity index (χ1n) is 10.2. The number of benzene rings is 1. The van der Waals surface area contributed by atoms with E-state index in [0.29, 0.717) is 43.2 Å². The molecule has 1 saturated heterocycles. The van der Waals surface area contributed by atoms with E-state index in [9.17, 15) is 14.4 Å². The lowest BCUT2D eigenvalue weighted by atomic mass is 10.2. The topological polar surface area (TPSA) is 101 Å². The van der Waals surface area contributed by atoms with Crippen LogP contribution in [0.4, 0.5) is 0 Å². The molecule has 2 aromatic rings. The predicted molar refractivity (Wildman–Crippen MR) is 111 cm³/mol. The second kappa shape index (κ2) is 9.46. The molecule has 0 saturated carbocycles. The highest BCUT2D eigenvalue weighted by Crippen LogP contribution is 2.31. The number of aromatic nitrogens is 1. The van der Waals surface area contributed by atoms with E-state index in [0.717, 1.165) is 0 Å². The van der Waals surface area contributed by atoms with Crippen molar-refractivity contribution in [2.75, 3.05) is 39.3 Å². The lowest BCUT2D eigenvalue weighted by Gasteiger charge is -2.37. The normalized spacial score (nSPS) is 17.7. The van der Waals surface area contributed by atoms with Crippen molar-refractivity contribution in [1.29, 1.82) is 0 Å². The van der Waals surface area contributed by atoms with Crippen LogP contribution in [0.1, 0.15) is 16.8 Å². The zero-order valence-corrected chi connectivity index (χ0v) is 17.0. The van der Waals surface area contributed by atoms with Gasteiger partial charge in [0, 0.05) is 57.1 Å². The first-order valence-corrected chi connectivity index (χ1v) is 10.2. The number of ether oxygens (including phenoxy) is 2. The lowest BCUT2D eigenvalue weighted by Crippen LogP contribution is -2.55. The molecule has 0 spiro atoms. The number of fused-ring (bicyclic) bond motifs is 1. The number of carbonyl (C=O) groups is 3. The van der Waals surface area contributed by atoms with Crippen molar-refractivity contribution < 1.29 is 23.9 Å². The summed E-state index contributed by atoms with van der Waals surface area (Å²) in [6.45, 7) is 2.21. The number of piperazine rings is 1. The second-order valence-corrected chi connectivity index (χ2v) is 7.31. The number of hydrogen-bond acceptors (Lipinski definition) is 6. The predicted octanol–water partition coefficient (Wildman–Crippen LogP) is 0.712. The lowest BCUT2D eigenvalue weighted by molar-refractivity contribution is -0.146. The van der Waals surface area contributed by atoms with Crippen LogP contribution in [0.5, 0.6) is 11.5 Å². The maximum Gasteiger partial charge on any atom is 0.267 e. The van der Waals surface area contributed by atoms with Gasteiger partial charge in [0.2, 0.25) is 12.0 Å². The van der Waals surface area contributed by atoms with Gasteiger partial charge >= 0.3 is 0 Å². The van der Waals surface area contributed by atoms with Crippen LogP contribution in [0, 0.1) is 0 Å². The molecule has 4 rings (SSSR count). The van der Waals surface area contributed by atoms with Gasteiger partial charge in [-0.2, -0.15) is 0 Å². The monoisotopic (exact) mass is 424 g/mol. The zero-order valence-electron chi connectivity index (χ0n) is 17.0. The minimum absolute atomic E-state index is 0.0479. The molecule has 0 aliphatic carbocycles. The summed E-state index contributed by atoms with van der Waals surface area (Å²) >= 11 is 0. The first-order chi connectivity index (χ1) is 15.1. The fourth-order valence-electron chi connectivity index (χ4n) is 3.57. The molecule has 0 radical (unpaired) electrons. The molecule has 0 bridgehead atoms. The third kappa shape index (κ3) is 4.93. The van der Waals surface area contributed by atoms with E-state index in [2.05, 4.69) is 10.3 Å². The molecule has 1 atom stereocenters. The minimum Gasteiger partial charge on any atom is -0.485 e. The maximum atomic E-state index is 12.8. The smallest absolute Gasteiger partial charge is 0.267 e. The Morgan fingerprint density at radius 1 is 0.968 bits per heavy atom. The molecule has 9 nitrogen and oxygen atoms in total. The van der Waals surface area contributed by atoms with Crippen molar-refractivity contribution in [3.05, 3.63) is 54.4 Å². The van der Waals surface area contributed by atoms with Crippen LogP contribution in [-0.4, -0.2) is 77.9 Å². The van der Waals surface area contributed by atoms with Crippen LogP contribution in [0.3, 0.4) is 0 Å². The molecule has 1 N–H and O–H groups in total. The van der Waals surface area contributed by atoms with Crippen molar-refractivity contribution in [2.24, 2.45) is 0 Å². The van der Waals surface area contributed by atoms with Crippen LogP contribution < -0.4 is 14.8 Å². The second-order valence-electron chi connectivity index (χ2n) is 7.31. The van der Waals surface area contributed by atoms with Gasteiger partial charge in [0.05, 0.1) is 0 Å². The molecule has 1 fully saturated rings. The van der Waals surface area contributed by atoms with Crippen LogP contribution in [0.25, 0.3) is 0 Å². The summed E-state index contributed by atoms with van der Waals surface area (Å²) in [6, 6.07) is 10.5. The fourth-order valence-corrected chi connectivity index (χ4v) is 3.57. The summed E-state index contributed by atoms with van der Waals surface area (Å²) in [7, 11) is 0. The van der Waals surface area contributed by atoms with E-state index >= 15 is 0 Å². The van der Waals surface area contributed by atoms with E-state index in [1.165, 1.54) is 0 Å². The van der Waals surface area contributed by atoms with Gasteiger partial charge in [-0.3, -0.25) is 19.4 Å². The third-order valence-corrected chi connectivity index (χ3v) is 5.30. The molecule has 31 heavy (non-hydrogen) atoms. The maximum absolute atomic E-state index is 12.8. The van der Waals surface area contributed by atoms with Gasteiger partial charge in [-0.15, -0.1) is 0 Å². The molecule has 1 unspecified atom stereocenters. The summed E-state index contributed by atoms with van der Waals surface area (Å²) in [6.07, 6.45) is 2.62. The third-order valence-electron chi connectivity index (χ3n) is 5.30. The number of nitrogens with one attached hydrogen (secondary N) is 1. The molecule has 3 heterocycles. The number of amides is 3. The summed E-state index contributed by atoms with van der Waals surface area (Å²) in [4.78, 5) is 44.5. The Hall–Kier alpha value is -3.62. The van der Waals surface area contributed by atoms with Gasteiger partial charge in [0.25, 0.3) is 11.8 Å². The molecule has 162 valence electrons. The van der Waals surface area contributed by atoms with E-state index in [1.54, 1.807) is 46.5 Å². The van der Waals surface area contributed by atoms with Crippen molar-refractivity contribution >= 4 is 17.7 Å².